The van der Waals surface area contributed by atoms with Crippen molar-refractivity contribution >= 4 is 61.4 Å². The van der Waals surface area contributed by atoms with Crippen LogP contribution in [0.5, 0.6) is 0 Å². The quantitative estimate of drug-likeness (QED) is 0.392. The minimum Gasteiger partial charge on any atom is -0.321 e. The van der Waals surface area contributed by atoms with E-state index in [0.717, 1.165) is 0 Å². The van der Waals surface area contributed by atoms with E-state index in [0.29, 0.717) is 10.9 Å². The van der Waals surface area contributed by atoms with Gasteiger partial charge in [-0.1, -0.05) is 53.5 Å². The Hall–Kier alpha value is -3.07. The van der Waals surface area contributed by atoms with Crippen molar-refractivity contribution in [2.75, 3.05) is 10.0 Å². The summed E-state index contributed by atoms with van der Waals surface area (Å²) in [6, 6.07) is 17.8. The molecule has 30 heavy (non-hydrogen) atoms. The van der Waals surface area contributed by atoms with Crippen LogP contribution in [-0.4, -0.2) is 24.5 Å². The fourth-order valence-corrected chi connectivity index (χ4v) is 4.70. The molecule has 0 aliphatic heterocycles. The van der Waals surface area contributed by atoms with Gasteiger partial charge in [0.25, 0.3) is 15.9 Å². The fourth-order valence-electron chi connectivity index (χ4n) is 2.86. The summed E-state index contributed by atoms with van der Waals surface area (Å²) in [5.41, 5.74) is 1.37. The average Bonchev–Trinajstić information content (AvgIpc) is 3.15. The number of aromatic amines is 1. The molecule has 10 heteroatoms. The Kier molecular flexibility index (Phi) is 5.38. The number of rotatable bonds is 5. The number of carbonyl (C=O) groups excluding carboxylic acids is 1. The summed E-state index contributed by atoms with van der Waals surface area (Å²) < 4.78 is 28.1. The number of amides is 1. The Morgan fingerprint density at radius 3 is 2.47 bits per heavy atom. The van der Waals surface area contributed by atoms with Gasteiger partial charge in [-0.2, -0.15) is 5.10 Å². The van der Waals surface area contributed by atoms with Crippen LogP contribution in [0.1, 0.15) is 10.5 Å². The summed E-state index contributed by atoms with van der Waals surface area (Å²) in [7, 11) is -4.05. The molecule has 0 aliphatic rings. The van der Waals surface area contributed by atoms with Gasteiger partial charge in [-0.3, -0.25) is 14.6 Å². The molecule has 0 spiro atoms. The second kappa shape index (κ2) is 7.98. The van der Waals surface area contributed by atoms with E-state index >= 15 is 0 Å². The monoisotopic (exact) mass is 460 g/mol. The van der Waals surface area contributed by atoms with Crippen molar-refractivity contribution in [2.45, 2.75) is 4.90 Å². The number of hydrogen-bond donors (Lipinski definition) is 3. The first kappa shape index (κ1) is 20.2. The molecule has 0 unspecified atom stereocenters. The Morgan fingerprint density at radius 1 is 0.933 bits per heavy atom. The third-order valence-electron chi connectivity index (χ3n) is 4.28. The van der Waals surface area contributed by atoms with Gasteiger partial charge < -0.3 is 5.32 Å². The maximum Gasteiger partial charge on any atom is 0.276 e. The highest BCUT2D eigenvalue weighted by molar-refractivity contribution is 7.92. The first-order chi connectivity index (χ1) is 14.3. The van der Waals surface area contributed by atoms with Crippen molar-refractivity contribution in [3.63, 3.8) is 0 Å². The molecule has 4 aromatic rings. The van der Waals surface area contributed by atoms with Gasteiger partial charge >= 0.3 is 0 Å². The Balaban J connectivity index is 1.63. The third-order valence-corrected chi connectivity index (χ3v) is 6.46. The summed E-state index contributed by atoms with van der Waals surface area (Å²) in [5.74, 6) is -0.489. The number of aromatic nitrogens is 2. The molecule has 3 aromatic carbocycles. The molecule has 3 N–H and O–H groups in total. The van der Waals surface area contributed by atoms with Gasteiger partial charge in [0.1, 0.15) is 4.90 Å². The van der Waals surface area contributed by atoms with Crippen molar-refractivity contribution in [3.8, 4) is 0 Å². The molecule has 4 rings (SSSR count). The third kappa shape index (κ3) is 3.97. The number of para-hydroxylation sites is 2. The molecule has 0 saturated heterocycles. The maximum absolute atomic E-state index is 12.8. The van der Waals surface area contributed by atoms with Gasteiger partial charge in [-0.15, -0.1) is 0 Å². The standard InChI is InChI=1S/C20H14Cl2N4O3S/c21-14-6-2-4-8-17(14)26-30(28,29)18-11-12(9-10-15(18)22)23-20(27)19-13-5-1-3-7-16(13)24-25-19/h1-11,26H,(H,23,27)(H,24,25). The van der Waals surface area contributed by atoms with E-state index in [-0.39, 0.29) is 32.0 Å². The normalized spacial score (nSPS) is 11.4. The Labute approximate surface area is 182 Å². The van der Waals surface area contributed by atoms with Crippen molar-refractivity contribution in [1.29, 1.82) is 0 Å². The number of nitrogens with one attached hydrogen (secondary N) is 3. The highest BCUT2D eigenvalue weighted by Gasteiger charge is 2.21. The van der Waals surface area contributed by atoms with E-state index in [4.69, 9.17) is 23.2 Å². The summed E-state index contributed by atoms with van der Waals surface area (Å²) in [4.78, 5) is 12.5. The molecule has 1 heterocycles. The lowest BCUT2D eigenvalue weighted by molar-refractivity contribution is 0.102. The number of carbonyl (C=O) groups is 1. The van der Waals surface area contributed by atoms with Gasteiger partial charge in [0.05, 0.1) is 21.2 Å². The highest BCUT2D eigenvalue weighted by Crippen LogP contribution is 2.29. The lowest BCUT2D eigenvalue weighted by Gasteiger charge is -2.12. The minimum absolute atomic E-state index is 0.00206. The molecular weight excluding hydrogens is 447 g/mol. The maximum atomic E-state index is 12.8. The van der Waals surface area contributed by atoms with Crippen LogP contribution in [0.4, 0.5) is 11.4 Å². The molecule has 152 valence electrons. The molecule has 0 fully saturated rings. The average molecular weight is 461 g/mol. The molecular formula is C20H14Cl2N4O3S. The van der Waals surface area contributed by atoms with E-state index in [1.165, 1.54) is 24.3 Å². The number of nitrogens with zero attached hydrogens (tertiary/aromatic N) is 1. The molecule has 0 aliphatic carbocycles. The summed E-state index contributed by atoms with van der Waals surface area (Å²) in [6.07, 6.45) is 0. The van der Waals surface area contributed by atoms with Gasteiger partial charge in [0.2, 0.25) is 0 Å². The van der Waals surface area contributed by atoms with Crippen LogP contribution in [0.3, 0.4) is 0 Å². The Bertz CT molecular complexity index is 1370. The van der Waals surface area contributed by atoms with E-state index in [9.17, 15) is 13.2 Å². The summed E-state index contributed by atoms with van der Waals surface area (Å²) in [5, 5.41) is 10.4. The lowest BCUT2D eigenvalue weighted by atomic mass is 10.2. The van der Waals surface area contributed by atoms with E-state index in [1.807, 2.05) is 6.07 Å². The number of fused-ring (bicyclic) bond motifs is 1. The van der Waals surface area contributed by atoms with Crippen LogP contribution < -0.4 is 10.0 Å². The number of hydrogen-bond acceptors (Lipinski definition) is 4. The zero-order valence-corrected chi connectivity index (χ0v) is 17.5. The largest absolute Gasteiger partial charge is 0.321 e. The molecule has 0 atom stereocenters. The summed E-state index contributed by atoms with van der Waals surface area (Å²) in [6.45, 7) is 0. The molecule has 0 saturated carbocycles. The van der Waals surface area contributed by atoms with Crippen molar-refractivity contribution in [3.05, 3.63) is 82.5 Å². The van der Waals surface area contributed by atoms with Gasteiger partial charge in [-0.05, 0) is 36.4 Å². The number of benzene rings is 3. The first-order valence-corrected chi connectivity index (χ1v) is 10.9. The van der Waals surface area contributed by atoms with Crippen LogP contribution in [0.25, 0.3) is 10.9 Å². The molecule has 1 aromatic heterocycles. The molecule has 1 amide bonds. The number of sulfonamides is 1. The number of H-pyrrole nitrogens is 1. The van der Waals surface area contributed by atoms with E-state index in [1.54, 1.807) is 36.4 Å². The van der Waals surface area contributed by atoms with E-state index < -0.39 is 15.9 Å². The highest BCUT2D eigenvalue weighted by atomic mass is 35.5. The van der Waals surface area contributed by atoms with Crippen LogP contribution in [-0.2, 0) is 10.0 Å². The Morgan fingerprint density at radius 2 is 1.67 bits per heavy atom. The topological polar surface area (TPSA) is 104 Å². The fraction of sp³-hybridized carbons (Fsp3) is 0. The smallest absolute Gasteiger partial charge is 0.276 e. The first-order valence-electron chi connectivity index (χ1n) is 8.66. The van der Waals surface area contributed by atoms with Crippen molar-refractivity contribution in [1.82, 2.24) is 10.2 Å². The predicted molar refractivity (Wildman–Crippen MR) is 118 cm³/mol. The van der Waals surface area contributed by atoms with Crippen LogP contribution in [0, 0.1) is 0 Å². The number of halogens is 2. The van der Waals surface area contributed by atoms with Crippen LogP contribution >= 0.6 is 23.2 Å². The number of anilines is 2. The molecule has 0 radical (unpaired) electrons. The van der Waals surface area contributed by atoms with Gasteiger partial charge in [-0.25, -0.2) is 8.42 Å². The minimum atomic E-state index is -4.05. The molecule has 7 nitrogen and oxygen atoms in total. The SMILES string of the molecule is O=C(Nc1ccc(Cl)c(S(=O)(=O)Nc2ccccc2Cl)c1)c1n[nH]c2ccccc12. The van der Waals surface area contributed by atoms with Crippen LogP contribution in [0.2, 0.25) is 10.0 Å². The summed E-state index contributed by atoms with van der Waals surface area (Å²) >= 11 is 12.2. The molecule has 0 bridgehead atoms. The zero-order valence-electron chi connectivity index (χ0n) is 15.2. The van der Waals surface area contributed by atoms with Gasteiger partial charge in [0, 0.05) is 11.1 Å². The second-order valence-electron chi connectivity index (χ2n) is 6.30. The second-order valence-corrected chi connectivity index (χ2v) is 8.77. The predicted octanol–water partition coefficient (Wildman–Crippen LogP) is 4.92. The van der Waals surface area contributed by atoms with E-state index in [2.05, 4.69) is 20.2 Å². The lowest BCUT2D eigenvalue weighted by Crippen LogP contribution is -2.16. The van der Waals surface area contributed by atoms with Crippen LogP contribution in [0.15, 0.2) is 71.6 Å². The van der Waals surface area contributed by atoms with Gasteiger partial charge in [0.15, 0.2) is 5.69 Å². The van der Waals surface area contributed by atoms with Crippen molar-refractivity contribution < 1.29 is 13.2 Å². The zero-order chi connectivity index (χ0) is 21.3. The van der Waals surface area contributed by atoms with Crippen molar-refractivity contribution in [2.24, 2.45) is 0 Å².